The summed E-state index contributed by atoms with van der Waals surface area (Å²) in [6.45, 7) is 1.91. The molecule has 0 rings (SSSR count). The summed E-state index contributed by atoms with van der Waals surface area (Å²) in [5.41, 5.74) is 0. The highest BCUT2D eigenvalue weighted by atomic mass is 19.1. The average Bonchev–Trinajstić information content (AvgIpc) is 2.04. The fraction of sp³-hybridized carbons (Fsp3) is 0.875. The van der Waals surface area contributed by atoms with Crippen LogP contribution < -0.4 is 0 Å². The summed E-state index contributed by atoms with van der Waals surface area (Å²) in [4.78, 5) is 10.5. The molecule has 0 saturated carbocycles. The van der Waals surface area contributed by atoms with Crippen molar-refractivity contribution in [1.82, 2.24) is 0 Å². The molecule has 0 amide bonds. The molecule has 3 heteroatoms. The molecular weight excluding hydrogens is 147 g/mol. The van der Waals surface area contributed by atoms with E-state index in [1.54, 1.807) is 6.92 Å². The molecule has 0 bridgehead atoms. The zero-order valence-corrected chi connectivity index (χ0v) is 6.94. The largest absolute Gasteiger partial charge is 0.466 e. The normalized spacial score (nSPS) is 9.64. The third-order valence-corrected chi connectivity index (χ3v) is 1.33. The monoisotopic (exact) mass is 162 g/mol. The summed E-state index contributed by atoms with van der Waals surface area (Å²) >= 11 is 0. The van der Waals surface area contributed by atoms with Gasteiger partial charge in [0.2, 0.25) is 0 Å². The van der Waals surface area contributed by atoms with Gasteiger partial charge in [0.1, 0.15) is 0 Å². The Hall–Kier alpha value is -0.600. The second kappa shape index (κ2) is 7.51. The predicted octanol–water partition coefficient (Wildman–Crippen LogP) is 2.08. The predicted molar refractivity (Wildman–Crippen MR) is 41.1 cm³/mol. The lowest BCUT2D eigenvalue weighted by atomic mass is 10.2. The Morgan fingerprint density at radius 2 is 2.09 bits per heavy atom. The van der Waals surface area contributed by atoms with Gasteiger partial charge in [-0.25, -0.2) is 0 Å². The molecule has 0 aliphatic rings. The Morgan fingerprint density at radius 3 is 2.64 bits per heavy atom. The van der Waals surface area contributed by atoms with Crippen LogP contribution in [0.3, 0.4) is 0 Å². The van der Waals surface area contributed by atoms with Crippen LogP contribution in [-0.4, -0.2) is 19.3 Å². The summed E-state index contributed by atoms with van der Waals surface area (Å²) in [6.07, 6.45) is 2.57. The van der Waals surface area contributed by atoms with E-state index in [1.165, 1.54) is 0 Å². The number of esters is 1. The van der Waals surface area contributed by atoms with Gasteiger partial charge in [0.15, 0.2) is 0 Å². The summed E-state index contributed by atoms with van der Waals surface area (Å²) < 4.78 is 16.3. The number of rotatable bonds is 6. The zero-order valence-electron chi connectivity index (χ0n) is 6.94. The zero-order chi connectivity index (χ0) is 8.53. The second-order valence-electron chi connectivity index (χ2n) is 2.32. The van der Waals surface area contributed by atoms with E-state index in [4.69, 9.17) is 4.74 Å². The number of carbonyl (C=O) groups is 1. The number of hydrogen-bond acceptors (Lipinski definition) is 2. The van der Waals surface area contributed by atoms with Crippen molar-refractivity contribution in [1.29, 1.82) is 0 Å². The molecule has 0 saturated heterocycles. The Morgan fingerprint density at radius 1 is 1.36 bits per heavy atom. The fourth-order valence-electron chi connectivity index (χ4n) is 0.661. The van der Waals surface area contributed by atoms with Crippen molar-refractivity contribution in [3.63, 3.8) is 0 Å². The number of carbonyl (C=O) groups excluding carboxylic acids is 1. The number of halogens is 1. The van der Waals surface area contributed by atoms with Crippen molar-refractivity contribution in [2.45, 2.75) is 32.6 Å². The Bertz CT molecular complexity index is 104. The molecule has 66 valence electrons. The fourth-order valence-corrected chi connectivity index (χ4v) is 0.661. The van der Waals surface area contributed by atoms with Gasteiger partial charge in [-0.2, -0.15) is 0 Å². The summed E-state index contributed by atoms with van der Waals surface area (Å²) in [7, 11) is 0. The van der Waals surface area contributed by atoms with Crippen LogP contribution in [0.15, 0.2) is 0 Å². The molecule has 0 aliphatic carbocycles. The van der Waals surface area contributed by atoms with Crippen molar-refractivity contribution < 1.29 is 13.9 Å². The molecule has 0 N–H and O–H groups in total. The van der Waals surface area contributed by atoms with Gasteiger partial charge in [-0.05, 0) is 19.3 Å². The van der Waals surface area contributed by atoms with Crippen LogP contribution in [0.25, 0.3) is 0 Å². The smallest absolute Gasteiger partial charge is 0.305 e. The Labute approximate surface area is 66.7 Å². The molecule has 0 heterocycles. The van der Waals surface area contributed by atoms with Crippen LogP contribution in [0, 0.1) is 0 Å². The first kappa shape index (κ1) is 10.4. The van der Waals surface area contributed by atoms with Gasteiger partial charge in [-0.3, -0.25) is 9.18 Å². The molecular formula is C8H15FO2. The highest BCUT2D eigenvalue weighted by Gasteiger charge is 1.96. The van der Waals surface area contributed by atoms with Crippen LogP contribution in [0.5, 0.6) is 0 Å². The lowest BCUT2D eigenvalue weighted by Gasteiger charge is -2.00. The number of alkyl halides is 1. The van der Waals surface area contributed by atoms with Crippen LogP contribution in [0.1, 0.15) is 32.6 Å². The van der Waals surface area contributed by atoms with E-state index in [0.717, 1.165) is 12.8 Å². The second-order valence-corrected chi connectivity index (χ2v) is 2.32. The van der Waals surface area contributed by atoms with E-state index in [9.17, 15) is 9.18 Å². The maximum atomic E-state index is 11.5. The molecule has 0 unspecified atom stereocenters. The third kappa shape index (κ3) is 7.30. The highest BCUT2D eigenvalue weighted by Crippen LogP contribution is 1.96. The maximum Gasteiger partial charge on any atom is 0.305 e. The highest BCUT2D eigenvalue weighted by molar-refractivity contribution is 5.68. The number of ether oxygens (including phenoxy) is 1. The SMILES string of the molecule is CCC(=O)OCCCCCF. The summed E-state index contributed by atoms with van der Waals surface area (Å²) in [6, 6.07) is 0. The van der Waals surface area contributed by atoms with E-state index >= 15 is 0 Å². The van der Waals surface area contributed by atoms with Crippen molar-refractivity contribution >= 4 is 5.97 Å². The number of hydrogen-bond donors (Lipinski definition) is 0. The summed E-state index contributed by atoms with van der Waals surface area (Å²) in [5.74, 6) is -0.176. The quantitative estimate of drug-likeness (QED) is 0.441. The first-order chi connectivity index (χ1) is 5.31. The lowest BCUT2D eigenvalue weighted by molar-refractivity contribution is -0.143. The molecule has 0 aliphatic heterocycles. The van der Waals surface area contributed by atoms with E-state index in [2.05, 4.69) is 0 Å². The van der Waals surface area contributed by atoms with E-state index in [-0.39, 0.29) is 12.6 Å². The molecule has 0 radical (unpaired) electrons. The first-order valence-electron chi connectivity index (χ1n) is 4.02. The molecule has 0 fully saturated rings. The van der Waals surface area contributed by atoms with E-state index in [0.29, 0.717) is 19.4 Å². The van der Waals surface area contributed by atoms with Crippen LogP contribution in [0.2, 0.25) is 0 Å². The molecule has 0 aromatic heterocycles. The van der Waals surface area contributed by atoms with Crippen LogP contribution in [0.4, 0.5) is 4.39 Å². The van der Waals surface area contributed by atoms with Crippen molar-refractivity contribution in [3.8, 4) is 0 Å². The Kier molecular flexibility index (Phi) is 7.10. The molecule has 2 nitrogen and oxygen atoms in total. The molecule has 0 aromatic carbocycles. The van der Waals surface area contributed by atoms with Crippen molar-refractivity contribution in [2.24, 2.45) is 0 Å². The third-order valence-electron chi connectivity index (χ3n) is 1.33. The minimum atomic E-state index is -0.276. The molecule has 0 atom stereocenters. The first-order valence-corrected chi connectivity index (χ1v) is 4.02. The van der Waals surface area contributed by atoms with Gasteiger partial charge in [0.25, 0.3) is 0 Å². The van der Waals surface area contributed by atoms with Gasteiger partial charge >= 0.3 is 5.97 Å². The topological polar surface area (TPSA) is 26.3 Å². The van der Waals surface area contributed by atoms with Gasteiger partial charge in [-0.15, -0.1) is 0 Å². The molecule has 0 spiro atoms. The molecule has 0 aromatic rings. The Balaban J connectivity index is 2.95. The maximum absolute atomic E-state index is 11.5. The van der Waals surface area contributed by atoms with Crippen molar-refractivity contribution in [3.05, 3.63) is 0 Å². The average molecular weight is 162 g/mol. The van der Waals surface area contributed by atoms with Crippen LogP contribution in [-0.2, 0) is 9.53 Å². The summed E-state index contributed by atoms with van der Waals surface area (Å²) in [5, 5.41) is 0. The number of unbranched alkanes of at least 4 members (excludes halogenated alkanes) is 2. The van der Waals surface area contributed by atoms with Gasteiger partial charge in [0.05, 0.1) is 13.3 Å². The van der Waals surface area contributed by atoms with Crippen LogP contribution >= 0.6 is 0 Å². The van der Waals surface area contributed by atoms with Gasteiger partial charge in [0, 0.05) is 6.42 Å². The molecule has 11 heavy (non-hydrogen) atoms. The van der Waals surface area contributed by atoms with Gasteiger partial charge < -0.3 is 4.74 Å². The minimum Gasteiger partial charge on any atom is -0.466 e. The van der Waals surface area contributed by atoms with E-state index < -0.39 is 0 Å². The van der Waals surface area contributed by atoms with Gasteiger partial charge in [-0.1, -0.05) is 6.92 Å². The van der Waals surface area contributed by atoms with E-state index in [1.807, 2.05) is 0 Å². The lowest BCUT2D eigenvalue weighted by Crippen LogP contribution is -2.03. The minimum absolute atomic E-state index is 0.176. The van der Waals surface area contributed by atoms with Crippen molar-refractivity contribution in [2.75, 3.05) is 13.3 Å². The standard InChI is InChI=1S/C8H15FO2/c1-2-8(10)11-7-5-3-4-6-9/h2-7H2,1H3.